The highest BCUT2D eigenvalue weighted by Crippen LogP contribution is 2.32. The van der Waals surface area contributed by atoms with Crippen LogP contribution in [0.3, 0.4) is 0 Å². The van der Waals surface area contributed by atoms with Crippen molar-refractivity contribution in [1.29, 1.82) is 0 Å². The van der Waals surface area contributed by atoms with Crippen molar-refractivity contribution in [2.45, 2.75) is 25.5 Å². The molecule has 2 fully saturated rings. The van der Waals surface area contributed by atoms with Gasteiger partial charge < -0.3 is 10.2 Å². The number of thioether (sulfide) groups is 1. The summed E-state index contributed by atoms with van der Waals surface area (Å²) in [5, 5.41) is 3.38. The molecular formula is C11H22N2S. The Kier molecular flexibility index (Phi) is 2.84. The molecule has 3 heteroatoms. The highest BCUT2D eigenvalue weighted by atomic mass is 32.2. The van der Waals surface area contributed by atoms with Crippen molar-refractivity contribution in [3.8, 4) is 0 Å². The molecule has 0 spiro atoms. The van der Waals surface area contributed by atoms with E-state index in [2.05, 4.69) is 42.7 Å². The van der Waals surface area contributed by atoms with E-state index in [9.17, 15) is 0 Å². The van der Waals surface area contributed by atoms with Crippen molar-refractivity contribution in [3.63, 3.8) is 0 Å². The molecular weight excluding hydrogens is 192 g/mol. The highest BCUT2D eigenvalue weighted by Gasteiger charge is 2.36. The van der Waals surface area contributed by atoms with E-state index in [1.807, 2.05) is 0 Å². The van der Waals surface area contributed by atoms with Crippen LogP contribution in [0.15, 0.2) is 0 Å². The summed E-state index contributed by atoms with van der Waals surface area (Å²) in [6.07, 6.45) is 0. The molecule has 0 amide bonds. The van der Waals surface area contributed by atoms with Gasteiger partial charge >= 0.3 is 0 Å². The van der Waals surface area contributed by atoms with Gasteiger partial charge in [0.1, 0.15) is 0 Å². The average molecular weight is 214 g/mol. The fourth-order valence-corrected chi connectivity index (χ4v) is 3.63. The second-order valence-electron chi connectivity index (χ2n) is 5.73. The Hall–Kier alpha value is 0.270. The lowest BCUT2D eigenvalue weighted by molar-refractivity contribution is 0.105. The monoisotopic (exact) mass is 214 g/mol. The predicted molar refractivity (Wildman–Crippen MR) is 64.0 cm³/mol. The van der Waals surface area contributed by atoms with E-state index in [0.717, 1.165) is 0 Å². The van der Waals surface area contributed by atoms with Crippen LogP contribution in [-0.4, -0.2) is 48.1 Å². The Morgan fingerprint density at radius 1 is 1.29 bits per heavy atom. The maximum atomic E-state index is 3.38. The molecule has 0 atom stereocenters. The zero-order chi connectivity index (χ0) is 10.2. The van der Waals surface area contributed by atoms with Gasteiger partial charge in [0, 0.05) is 48.6 Å². The molecule has 14 heavy (non-hydrogen) atoms. The maximum absolute atomic E-state index is 3.38. The van der Waals surface area contributed by atoms with Crippen molar-refractivity contribution < 1.29 is 0 Å². The van der Waals surface area contributed by atoms with Crippen molar-refractivity contribution in [2.75, 3.05) is 38.5 Å². The van der Waals surface area contributed by atoms with Gasteiger partial charge in [-0.05, 0) is 13.8 Å². The topological polar surface area (TPSA) is 15.3 Å². The molecule has 2 aliphatic heterocycles. The van der Waals surface area contributed by atoms with Gasteiger partial charge in [0.25, 0.3) is 0 Å². The Labute approximate surface area is 91.8 Å². The van der Waals surface area contributed by atoms with Gasteiger partial charge in [-0.15, -0.1) is 0 Å². The van der Waals surface area contributed by atoms with Crippen LogP contribution < -0.4 is 5.32 Å². The van der Waals surface area contributed by atoms with Gasteiger partial charge in [-0.1, -0.05) is 6.92 Å². The summed E-state index contributed by atoms with van der Waals surface area (Å²) < 4.78 is 0.464. The molecule has 0 aromatic rings. The van der Waals surface area contributed by atoms with Crippen molar-refractivity contribution >= 4 is 11.8 Å². The predicted octanol–water partition coefficient (Wildman–Crippen LogP) is 1.42. The zero-order valence-electron chi connectivity index (χ0n) is 9.60. The SMILES string of the molecule is CC1(CN2CCSC(C)(C)C2)CNC1. The van der Waals surface area contributed by atoms with Crippen LogP contribution in [0.2, 0.25) is 0 Å². The highest BCUT2D eigenvalue weighted by molar-refractivity contribution is 8.00. The van der Waals surface area contributed by atoms with Crippen LogP contribution in [-0.2, 0) is 0 Å². The van der Waals surface area contributed by atoms with E-state index in [1.165, 1.54) is 38.5 Å². The first-order valence-corrected chi connectivity index (χ1v) is 6.55. The minimum Gasteiger partial charge on any atom is -0.315 e. The minimum atomic E-state index is 0.464. The van der Waals surface area contributed by atoms with Crippen LogP contribution in [0.25, 0.3) is 0 Å². The lowest BCUT2D eigenvalue weighted by Crippen LogP contribution is -2.59. The molecule has 0 saturated carbocycles. The lowest BCUT2D eigenvalue weighted by atomic mass is 9.83. The molecule has 0 aliphatic carbocycles. The summed E-state index contributed by atoms with van der Waals surface area (Å²) in [6.45, 7) is 13.4. The fraction of sp³-hybridized carbons (Fsp3) is 1.00. The molecule has 0 bridgehead atoms. The Bertz CT molecular complexity index is 211. The summed E-state index contributed by atoms with van der Waals surface area (Å²) in [6, 6.07) is 0. The first kappa shape index (κ1) is 10.8. The normalized spacial score (nSPS) is 31.1. The first-order chi connectivity index (χ1) is 6.49. The molecule has 0 aromatic heterocycles. The standard InChI is InChI=1S/C11H22N2S/c1-10(2)8-13(4-5-14-10)9-11(3)6-12-7-11/h12H,4-9H2,1-3H3. The summed E-state index contributed by atoms with van der Waals surface area (Å²) in [5.74, 6) is 1.30. The quantitative estimate of drug-likeness (QED) is 0.748. The number of hydrogen-bond acceptors (Lipinski definition) is 3. The molecule has 1 N–H and O–H groups in total. The Morgan fingerprint density at radius 2 is 2.00 bits per heavy atom. The van der Waals surface area contributed by atoms with Gasteiger partial charge in [0.05, 0.1) is 0 Å². The number of nitrogens with one attached hydrogen (secondary N) is 1. The van der Waals surface area contributed by atoms with Crippen LogP contribution >= 0.6 is 11.8 Å². The van der Waals surface area contributed by atoms with Crippen LogP contribution in [0.4, 0.5) is 0 Å². The average Bonchev–Trinajstić information content (AvgIpc) is 1.99. The van der Waals surface area contributed by atoms with Gasteiger partial charge in [-0.2, -0.15) is 11.8 Å². The number of nitrogens with zero attached hydrogens (tertiary/aromatic N) is 1. The van der Waals surface area contributed by atoms with Crippen molar-refractivity contribution in [1.82, 2.24) is 10.2 Å². The summed E-state index contributed by atoms with van der Waals surface area (Å²) >= 11 is 2.12. The van der Waals surface area contributed by atoms with Crippen LogP contribution in [0.5, 0.6) is 0 Å². The van der Waals surface area contributed by atoms with E-state index in [0.29, 0.717) is 10.2 Å². The lowest BCUT2D eigenvalue weighted by Gasteiger charge is -2.46. The van der Waals surface area contributed by atoms with Crippen molar-refractivity contribution in [3.05, 3.63) is 0 Å². The van der Waals surface area contributed by atoms with E-state index >= 15 is 0 Å². The third-order valence-corrected chi connectivity index (χ3v) is 4.51. The van der Waals surface area contributed by atoms with Crippen LogP contribution in [0.1, 0.15) is 20.8 Å². The van der Waals surface area contributed by atoms with Gasteiger partial charge in [0.2, 0.25) is 0 Å². The smallest absolute Gasteiger partial charge is 0.0231 e. The number of rotatable bonds is 2. The van der Waals surface area contributed by atoms with Crippen molar-refractivity contribution in [2.24, 2.45) is 5.41 Å². The van der Waals surface area contributed by atoms with E-state index in [1.54, 1.807) is 0 Å². The Morgan fingerprint density at radius 3 is 2.50 bits per heavy atom. The molecule has 2 heterocycles. The molecule has 2 saturated heterocycles. The van der Waals surface area contributed by atoms with Gasteiger partial charge in [-0.3, -0.25) is 0 Å². The summed E-state index contributed by atoms with van der Waals surface area (Å²) in [5.41, 5.74) is 0.554. The van der Waals surface area contributed by atoms with E-state index in [-0.39, 0.29) is 0 Å². The van der Waals surface area contributed by atoms with E-state index < -0.39 is 0 Å². The fourth-order valence-electron chi connectivity index (χ4n) is 2.45. The maximum Gasteiger partial charge on any atom is 0.0231 e. The molecule has 0 radical (unpaired) electrons. The van der Waals surface area contributed by atoms with Gasteiger partial charge in [-0.25, -0.2) is 0 Å². The van der Waals surface area contributed by atoms with Gasteiger partial charge in [0.15, 0.2) is 0 Å². The zero-order valence-corrected chi connectivity index (χ0v) is 10.4. The second-order valence-corrected chi connectivity index (χ2v) is 7.54. The van der Waals surface area contributed by atoms with Crippen LogP contribution in [0, 0.1) is 5.41 Å². The Balaban J connectivity index is 1.86. The van der Waals surface area contributed by atoms with E-state index in [4.69, 9.17) is 0 Å². The summed E-state index contributed by atoms with van der Waals surface area (Å²) in [4.78, 5) is 2.65. The molecule has 2 rings (SSSR count). The summed E-state index contributed by atoms with van der Waals surface area (Å²) in [7, 11) is 0. The third-order valence-electron chi connectivity index (χ3n) is 3.21. The molecule has 82 valence electrons. The molecule has 0 aromatic carbocycles. The third kappa shape index (κ3) is 2.44. The first-order valence-electron chi connectivity index (χ1n) is 5.56. The molecule has 2 nitrogen and oxygen atoms in total. The minimum absolute atomic E-state index is 0.464. The number of hydrogen-bond donors (Lipinski definition) is 1. The molecule has 0 unspecified atom stereocenters. The largest absolute Gasteiger partial charge is 0.315 e. The molecule has 2 aliphatic rings. The second kappa shape index (κ2) is 3.69.